The fourth-order valence-corrected chi connectivity index (χ4v) is 7.11. The summed E-state index contributed by atoms with van der Waals surface area (Å²) >= 11 is 2.03. The molecule has 3 aromatic rings. The Kier molecular flexibility index (Phi) is 6.61. The van der Waals surface area contributed by atoms with Crippen LogP contribution in [0.4, 0.5) is 5.69 Å². The minimum atomic E-state index is -1.29. The maximum absolute atomic E-state index is 13.2. The average Bonchev–Trinajstić information content (AvgIpc) is 3.34. The number of aliphatic carboxylic acids is 1. The quantitative estimate of drug-likeness (QED) is 0.388. The number of rotatable bonds is 7. The van der Waals surface area contributed by atoms with Crippen molar-refractivity contribution in [2.45, 2.75) is 23.1 Å². The van der Waals surface area contributed by atoms with Crippen LogP contribution in [0.2, 0.25) is 0 Å². The number of thiazole rings is 1. The molecule has 0 bridgehead atoms. The van der Waals surface area contributed by atoms with Gasteiger partial charge in [-0.3, -0.25) is 28.9 Å². The van der Waals surface area contributed by atoms with Gasteiger partial charge in [0.2, 0.25) is 11.8 Å². The summed E-state index contributed by atoms with van der Waals surface area (Å²) in [5.41, 5.74) is 2.21. The van der Waals surface area contributed by atoms with E-state index in [2.05, 4.69) is 10.3 Å². The highest BCUT2D eigenvalue weighted by atomic mass is 32.2. The largest absolute Gasteiger partial charge is 0.484 e. The minimum absolute atomic E-state index is 0.253. The molecule has 37 heavy (non-hydrogen) atoms. The van der Waals surface area contributed by atoms with Gasteiger partial charge in [0, 0.05) is 16.5 Å². The summed E-state index contributed by atoms with van der Waals surface area (Å²) < 4.78 is 5.71. The Bertz CT molecular complexity index is 1480. The molecule has 3 amide bonds. The molecule has 0 spiro atoms. The zero-order valence-corrected chi connectivity index (χ0v) is 21.1. The van der Waals surface area contributed by atoms with Crippen molar-refractivity contribution in [1.29, 1.82) is 0 Å². The van der Waals surface area contributed by atoms with Crippen LogP contribution in [-0.4, -0.2) is 57.1 Å². The number of anilines is 1. The van der Waals surface area contributed by atoms with Gasteiger partial charge in [-0.05, 0) is 36.2 Å². The van der Waals surface area contributed by atoms with E-state index >= 15 is 0 Å². The molecule has 190 valence electrons. The van der Waals surface area contributed by atoms with Crippen molar-refractivity contribution in [2.24, 2.45) is 5.92 Å². The lowest BCUT2D eigenvalue weighted by Crippen LogP contribution is -2.36. The molecular weight excluding hydrogens is 518 g/mol. The smallest absolute Gasteiger partial charge is 0.323 e. The maximum atomic E-state index is 13.2. The number of carbonyl (C=O) groups is 4. The number of benzene rings is 2. The Morgan fingerprint density at radius 3 is 2.65 bits per heavy atom. The fourth-order valence-electron chi connectivity index (χ4n) is 4.57. The predicted molar refractivity (Wildman–Crippen MR) is 136 cm³/mol. The number of aryl methyl sites for hydroxylation is 1. The molecule has 3 atom stereocenters. The summed E-state index contributed by atoms with van der Waals surface area (Å²) in [7, 11) is 0. The highest BCUT2D eigenvalue weighted by Crippen LogP contribution is 2.52. The van der Waals surface area contributed by atoms with Gasteiger partial charge in [0.15, 0.2) is 6.61 Å². The van der Waals surface area contributed by atoms with E-state index in [0.29, 0.717) is 26.9 Å². The molecular formula is C25H21N3O7S2. The molecule has 3 N–H and O–H groups in total. The van der Waals surface area contributed by atoms with Gasteiger partial charge in [-0.2, -0.15) is 0 Å². The normalized spacial score (nSPS) is 20.4. The minimum Gasteiger partial charge on any atom is -0.484 e. The fraction of sp³-hybridized carbons (Fsp3) is 0.240. The molecule has 5 rings (SSSR count). The number of hydrogen-bond donors (Lipinski definition) is 3. The van der Waals surface area contributed by atoms with E-state index in [-0.39, 0.29) is 17.4 Å². The third-order valence-corrected chi connectivity index (χ3v) is 8.62. The number of amides is 3. The molecule has 0 radical (unpaired) electrons. The molecule has 0 aliphatic carbocycles. The molecule has 1 aromatic heterocycles. The topological polar surface area (TPSA) is 146 Å². The van der Waals surface area contributed by atoms with Gasteiger partial charge in [0.1, 0.15) is 17.5 Å². The number of ether oxygens (including phenoxy) is 1. The van der Waals surface area contributed by atoms with Crippen LogP contribution in [0, 0.1) is 12.8 Å². The van der Waals surface area contributed by atoms with Gasteiger partial charge in [0.25, 0.3) is 5.91 Å². The predicted octanol–water partition coefficient (Wildman–Crippen LogP) is 2.44. The van der Waals surface area contributed by atoms with Gasteiger partial charge in [-0.25, -0.2) is 0 Å². The molecule has 1 saturated heterocycles. The number of fused-ring (bicyclic) bond motifs is 2. The zero-order chi connectivity index (χ0) is 26.3. The monoisotopic (exact) mass is 539 g/mol. The van der Waals surface area contributed by atoms with Crippen LogP contribution in [0.3, 0.4) is 0 Å². The van der Waals surface area contributed by atoms with E-state index in [4.69, 9.17) is 4.74 Å². The number of imide groups is 1. The molecule has 2 aromatic carbocycles. The van der Waals surface area contributed by atoms with E-state index in [9.17, 15) is 29.1 Å². The first kappa shape index (κ1) is 24.8. The highest BCUT2D eigenvalue weighted by Gasteiger charge is 2.56. The number of likely N-dealkylation sites (tertiary alicyclic amines) is 1. The van der Waals surface area contributed by atoms with Crippen LogP contribution >= 0.6 is 23.1 Å². The summed E-state index contributed by atoms with van der Waals surface area (Å²) in [6, 6.07) is 14.2. The number of aromatic amines is 1. The van der Waals surface area contributed by atoms with Crippen LogP contribution in [0.15, 0.2) is 58.4 Å². The lowest BCUT2D eigenvalue weighted by Gasteiger charge is -2.30. The van der Waals surface area contributed by atoms with Crippen molar-refractivity contribution in [3.05, 3.63) is 74.2 Å². The first-order valence-electron chi connectivity index (χ1n) is 11.3. The second-order valence-corrected chi connectivity index (χ2v) is 10.8. The molecule has 3 heterocycles. The standard InChI is InChI=1S/C25H21N3O7S2/c1-12-5-2-3-8-15(12)26-16(29)11-35-14-7-4-6-13(9-14)18-19-21(36-22-20(18)37-25(34)27-22)24(33)28(23(19)32)10-17(30)31/h2-9,18-19,21H,10-11H2,1H3,(H,26,29)(H,27,34)(H,30,31)/t18-,19?,21?/m1/s1. The highest BCUT2D eigenvalue weighted by molar-refractivity contribution is 8.00. The zero-order valence-electron chi connectivity index (χ0n) is 19.4. The van der Waals surface area contributed by atoms with Gasteiger partial charge < -0.3 is 20.1 Å². The summed E-state index contributed by atoms with van der Waals surface area (Å²) in [5.74, 6) is -3.99. The first-order valence-corrected chi connectivity index (χ1v) is 13.0. The van der Waals surface area contributed by atoms with Gasteiger partial charge in [0.05, 0.1) is 10.9 Å². The molecule has 0 saturated carbocycles. The summed E-state index contributed by atoms with van der Waals surface area (Å²) in [6.45, 7) is 0.907. The number of para-hydroxylation sites is 1. The number of thioether (sulfide) groups is 1. The number of carboxylic acids is 1. The number of H-pyrrole nitrogens is 1. The Balaban J connectivity index is 1.41. The van der Waals surface area contributed by atoms with Crippen molar-refractivity contribution < 1.29 is 29.0 Å². The number of carboxylic acid groups (broad SMARTS) is 1. The van der Waals surface area contributed by atoms with Crippen LogP contribution in [0.25, 0.3) is 0 Å². The molecule has 1 fully saturated rings. The molecule has 12 heteroatoms. The van der Waals surface area contributed by atoms with Crippen molar-refractivity contribution in [1.82, 2.24) is 9.88 Å². The molecule has 2 unspecified atom stereocenters. The van der Waals surface area contributed by atoms with E-state index < -0.39 is 41.4 Å². The molecule has 2 aliphatic rings. The SMILES string of the molecule is Cc1ccccc1NC(=O)COc1cccc([C@H]2c3sc(=O)[nH]c3SC3C(=O)N(CC(=O)O)C(=O)C32)c1. The third-order valence-electron chi connectivity index (χ3n) is 6.21. The third kappa shape index (κ3) is 4.77. The number of aromatic nitrogens is 1. The van der Waals surface area contributed by atoms with E-state index in [0.717, 1.165) is 33.6 Å². The number of nitrogens with one attached hydrogen (secondary N) is 2. The van der Waals surface area contributed by atoms with Crippen molar-refractivity contribution in [2.75, 3.05) is 18.5 Å². The summed E-state index contributed by atoms with van der Waals surface area (Å²) in [6.07, 6.45) is 0. The van der Waals surface area contributed by atoms with Crippen LogP contribution in [-0.2, 0) is 19.2 Å². The average molecular weight is 540 g/mol. The van der Waals surface area contributed by atoms with Crippen LogP contribution in [0.1, 0.15) is 21.9 Å². The lowest BCUT2D eigenvalue weighted by molar-refractivity contribution is -0.149. The summed E-state index contributed by atoms with van der Waals surface area (Å²) in [4.78, 5) is 65.9. The number of hydrogen-bond acceptors (Lipinski definition) is 8. The van der Waals surface area contributed by atoms with E-state index in [1.807, 2.05) is 25.1 Å². The first-order chi connectivity index (χ1) is 17.7. The second kappa shape index (κ2) is 9.87. The maximum Gasteiger partial charge on any atom is 0.323 e. The van der Waals surface area contributed by atoms with Crippen LogP contribution < -0.4 is 14.9 Å². The van der Waals surface area contributed by atoms with Gasteiger partial charge in [-0.15, -0.1) is 0 Å². The van der Waals surface area contributed by atoms with E-state index in [1.54, 1.807) is 30.3 Å². The van der Waals surface area contributed by atoms with Crippen molar-refractivity contribution >= 4 is 52.5 Å². The Morgan fingerprint density at radius 1 is 1.11 bits per heavy atom. The van der Waals surface area contributed by atoms with Crippen molar-refractivity contribution in [3.8, 4) is 5.75 Å². The van der Waals surface area contributed by atoms with Crippen LogP contribution in [0.5, 0.6) is 5.75 Å². The second-order valence-electron chi connectivity index (χ2n) is 8.63. The molecule has 2 aliphatic heterocycles. The van der Waals surface area contributed by atoms with Gasteiger partial charge >= 0.3 is 10.8 Å². The Morgan fingerprint density at radius 2 is 1.89 bits per heavy atom. The Hall–Kier alpha value is -3.90. The lowest BCUT2D eigenvalue weighted by atomic mass is 9.83. The van der Waals surface area contributed by atoms with Gasteiger partial charge in [-0.1, -0.05) is 53.4 Å². The summed E-state index contributed by atoms with van der Waals surface area (Å²) in [5, 5.41) is 11.6. The van der Waals surface area contributed by atoms with E-state index in [1.165, 1.54) is 0 Å². The number of carbonyl (C=O) groups excluding carboxylic acids is 3. The molecule has 10 nitrogen and oxygen atoms in total. The number of nitrogens with zero attached hydrogens (tertiary/aromatic N) is 1. The Labute approximate surface area is 218 Å². The van der Waals surface area contributed by atoms with Crippen molar-refractivity contribution in [3.63, 3.8) is 0 Å².